The molecule has 3 atom stereocenters. The van der Waals surface area contributed by atoms with Crippen molar-refractivity contribution < 1.29 is 29.0 Å². The van der Waals surface area contributed by atoms with Crippen molar-refractivity contribution in [3.05, 3.63) is 23.3 Å². The van der Waals surface area contributed by atoms with Crippen LogP contribution >= 0.6 is 0 Å². The van der Waals surface area contributed by atoms with Gasteiger partial charge in [-0.1, -0.05) is 33.8 Å². The van der Waals surface area contributed by atoms with E-state index in [4.69, 9.17) is 14.5 Å². The summed E-state index contributed by atoms with van der Waals surface area (Å²) in [5.74, 6) is 1.36. The second-order valence-electron chi connectivity index (χ2n) is 12.6. The lowest BCUT2D eigenvalue weighted by atomic mass is 9.45. The molecule has 1 aromatic carbocycles. The molecule has 1 heterocycles. The molecule has 8 nitrogen and oxygen atoms in total. The van der Waals surface area contributed by atoms with Gasteiger partial charge in [0, 0.05) is 56.1 Å². The number of carbonyl (C=O) groups is 3. The molecule has 1 aliphatic heterocycles. The van der Waals surface area contributed by atoms with E-state index in [-0.39, 0.29) is 23.7 Å². The maximum absolute atomic E-state index is 13.1. The number of amides is 1. The largest absolute Gasteiger partial charge is 0.477 e. The normalized spacial score (nSPS) is 28.6. The molecule has 0 aromatic heterocycles. The second kappa shape index (κ2) is 9.47. The number of carbonyl (C=O) groups excluding carboxylic acids is 3. The van der Waals surface area contributed by atoms with E-state index in [2.05, 4.69) is 0 Å². The molecule has 0 unspecified atom stereocenters. The second-order valence-corrected chi connectivity index (χ2v) is 12.6. The Balaban J connectivity index is 1.39. The number of ether oxygens (including phenoxy) is 2. The minimum absolute atomic E-state index is 0.0351. The number of Topliss-reactive ketones (excluding diaryl/α,β-unsaturated/α-hetero) is 2. The summed E-state index contributed by atoms with van der Waals surface area (Å²) < 4.78 is 12.1. The van der Waals surface area contributed by atoms with Gasteiger partial charge in [0.15, 0.2) is 23.4 Å². The third kappa shape index (κ3) is 4.25. The van der Waals surface area contributed by atoms with Crippen molar-refractivity contribution in [2.24, 2.45) is 16.3 Å². The number of aryl methyl sites for hydroxylation is 1. The highest BCUT2D eigenvalue weighted by Gasteiger charge is 2.75. The molecule has 1 spiro atoms. The van der Waals surface area contributed by atoms with E-state index in [1.807, 2.05) is 33.8 Å². The Kier molecular flexibility index (Phi) is 6.69. The van der Waals surface area contributed by atoms with Gasteiger partial charge in [0.25, 0.3) is 0 Å². The summed E-state index contributed by atoms with van der Waals surface area (Å²) in [5.41, 5.74) is 0.00637. The minimum atomic E-state index is -1.23. The van der Waals surface area contributed by atoms with Gasteiger partial charge in [-0.3, -0.25) is 14.6 Å². The third-order valence-electron chi connectivity index (χ3n) is 8.89. The summed E-state index contributed by atoms with van der Waals surface area (Å²) in [6.45, 7) is 8.80. The first-order valence-corrected chi connectivity index (χ1v) is 14.0. The zero-order valence-electron chi connectivity index (χ0n) is 23.3. The maximum atomic E-state index is 13.1. The van der Waals surface area contributed by atoms with Crippen molar-refractivity contribution in [1.29, 1.82) is 0 Å². The molecule has 3 saturated carbocycles. The monoisotopic (exact) mass is 524 g/mol. The zero-order valence-corrected chi connectivity index (χ0v) is 23.3. The average Bonchev–Trinajstić information content (AvgIpc) is 3.62. The Morgan fingerprint density at radius 1 is 1.26 bits per heavy atom. The van der Waals surface area contributed by atoms with Crippen LogP contribution in [0, 0.1) is 11.3 Å². The Bertz CT molecular complexity index is 1200. The third-order valence-corrected chi connectivity index (χ3v) is 8.89. The highest BCUT2D eigenvalue weighted by molar-refractivity contribution is 6.08. The molecule has 38 heavy (non-hydrogen) atoms. The molecular formula is C30H40N2O6. The number of hydrogen-bond donors (Lipinski definition) is 1. The number of fused-ring (bicyclic) bond motifs is 1. The van der Waals surface area contributed by atoms with Crippen molar-refractivity contribution >= 4 is 23.4 Å². The molecular weight excluding hydrogens is 484 g/mol. The fraction of sp³-hybridized carbons (Fsp3) is 0.667. The molecule has 1 amide bonds. The van der Waals surface area contributed by atoms with Gasteiger partial charge in [-0.25, -0.2) is 4.79 Å². The molecule has 1 N–H and O–H groups in total. The number of hydrogen-bond acceptors (Lipinski definition) is 7. The van der Waals surface area contributed by atoms with E-state index < -0.39 is 28.6 Å². The smallest absolute Gasteiger partial charge is 0.415 e. The molecule has 1 aromatic rings. The van der Waals surface area contributed by atoms with Gasteiger partial charge < -0.3 is 19.5 Å². The molecule has 206 valence electrons. The van der Waals surface area contributed by atoms with Crippen molar-refractivity contribution in [1.82, 2.24) is 4.90 Å². The number of benzene rings is 1. The van der Waals surface area contributed by atoms with Crippen LogP contribution in [0.2, 0.25) is 0 Å². The molecule has 0 bridgehead atoms. The highest BCUT2D eigenvalue weighted by atomic mass is 16.6. The van der Waals surface area contributed by atoms with Gasteiger partial charge >= 0.3 is 6.09 Å². The standard InChI is InChI=1S/C30H40N2O6/c1-6-19-11-12-21(37-27(35)32(5)15-7-8-23(34)28(2,3)4)25-24(19)29-16-22(31-17-18-9-10-18)30(29,36)14-13-20(33)26(29)38-25/h11-12,18,26,36H,6-10,13-17H2,1-5H3/t26-,29-,30+/m0/s1. The van der Waals surface area contributed by atoms with E-state index in [1.54, 1.807) is 13.1 Å². The number of aliphatic hydroxyl groups is 1. The van der Waals surface area contributed by atoms with Gasteiger partial charge in [-0.2, -0.15) is 0 Å². The van der Waals surface area contributed by atoms with Crippen LogP contribution in [0.3, 0.4) is 0 Å². The van der Waals surface area contributed by atoms with Crippen LogP contribution in [0.25, 0.3) is 0 Å². The van der Waals surface area contributed by atoms with E-state index in [0.29, 0.717) is 50.3 Å². The van der Waals surface area contributed by atoms with E-state index >= 15 is 0 Å². The first-order chi connectivity index (χ1) is 17.9. The van der Waals surface area contributed by atoms with Crippen molar-refractivity contribution in [2.75, 3.05) is 20.1 Å². The van der Waals surface area contributed by atoms with E-state index in [1.165, 1.54) is 17.7 Å². The lowest BCUT2D eigenvalue weighted by molar-refractivity contribution is -0.145. The first-order valence-electron chi connectivity index (χ1n) is 14.0. The minimum Gasteiger partial charge on any atom is -0.477 e. The van der Waals surface area contributed by atoms with Crippen LogP contribution in [0.4, 0.5) is 4.79 Å². The predicted octanol–water partition coefficient (Wildman–Crippen LogP) is 4.42. The van der Waals surface area contributed by atoms with Gasteiger partial charge in [0.05, 0.1) is 5.41 Å². The summed E-state index contributed by atoms with van der Waals surface area (Å²) in [4.78, 5) is 44.6. The summed E-state index contributed by atoms with van der Waals surface area (Å²) in [6.07, 6.45) is 3.65. The Morgan fingerprint density at radius 3 is 2.66 bits per heavy atom. The Labute approximate surface area is 224 Å². The first kappa shape index (κ1) is 26.9. The highest BCUT2D eigenvalue weighted by Crippen LogP contribution is 2.65. The van der Waals surface area contributed by atoms with Gasteiger partial charge in [0.1, 0.15) is 11.4 Å². The number of rotatable bonds is 8. The fourth-order valence-corrected chi connectivity index (χ4v) is 6.23. The zero-order chi connectivity index (χ0) is 27.5. The van der Waals surface area contributed by atoms with Crippen LogP contribution in [0.1, 0.15) is 83.8 Å². The van der Waals surface area contributed by atoms with Crippen molar-refractivity contribution in [3.63, 3.8) is 0 Å². The van der Waals surface area contributed by atoms with Crippen molar-refractivity contribution in [2.45, 2.75) is 96.2 Å². The topological polar surface area (TPSA) is 106 Å². The number of nitrogens with zero attached hydrogens (tertiary/aromatic N) is 2. The van der Waals surface area contributed by atoms with Gasteiger partial charge in [-0.15, -0.1) is 0 Å². The maximum Gasteiger partial charge on any atom is 0.415 e. The van der Waals surface area contributed by atoms with Crippen molar-refractivity contribution in [3.8, 4) is 11.5 Å². The van der Waals surface area contributed by atoms with Crippen LogP contribution < -0.4 is 9.47 Å². The molecule has 3 fully saturated rings. The Morgan fingerprint density at radius 2 is 2.00 bits per heavy atom. The number of ketones is 2. The fourth-order valence-electron chi connectivity index (χ4n) is 6.23. The molecule has 0 radical (unpaired) electrons. The molecule has 0 saturated heterocycles. The molecule has 5 rings (SSSR count). The lowest BCUT2D eigenvalue weighted by Gasteiger charge is -2.59. The van der Waals surface area contributed by atoms with Crippen LogP contribution in [0.5, 0.6) is 11.5 Å². The molecule has 4 aliphatic rings. The van der Waals surface area contributed by atoms with Gasteiger partial charge in [-0.05, 0) is 49.7 Å². The van der Waals surface area contributed by atoms with Crippen LogP contribution in [-0.2, 0) is 21.4 Å². The number of aliphatic imine (C=N–C) groups is 1. The lowest BCUT2D eigenvalue weighted by Crippen LogP contribution is -2.75. The summed E-state index contributed by atoms with van der Waals surface area (Å²) >= 11 is 0. The Hall–Kier alpha value is -2.74. The summed E-state index contributed by atoms with van der Waals surface area (Å²) in [6, 6.07) is 3.62. The molecule has 3 aliphatic carbocycles. The van der Waals surface area contributed by atoms with E-state index in [9.17, 15) is 19.5 Å². The summed E-state index contributed by atoms with van der Waals surface area (Å²) in [7, 11) is 1.64. The van der Waals surface area contributed by atoms with Gasteiger partial charge in [0.2, 0.25) is 0 Å². The average molecular weight is 525 g/mol. The quantitative estimate of drug-likeness (QED) is 0.540. The molecule has 8 heteroatoms. The van der Waals surface area contributed by atoms with Crippen LogP contribution in [-0.4, -0.2) is 65.2 Å². The SMILES string of the molecule is CCc1ccc(OC(=O)N(C)CCCC(=O)C(C)(C)C)c2c1[C@]13CC(=NCC4CC4)[C@]1(O)CCC(=O)[C@@H]3O2. The summed E-state index contributed by atoms with van der Waals surface area (Å²) in [5, 5.41) is 12.0. The van der Waals surface area contributed by atoms with E-state index in [0.717, 1.165) is 23.4 Å². The predicted molar refractivity (Wildman–Crippen MR) is 143 cm³/mol. The van der Waals surface area contributed by atoms with Crippen LogP contribution in [0.15, 0.2) is 17.1 Å².